The molecule has 0 bridgehead atoms. The van der Waals surface area contributed by atoms with Crippen molar-refractivity contribution in [1.82, 2.24) is 10.2 Å². The summed E-state index contributed by atoms with van der Waals surface area (Å²) < 4.78 is 5.46. The van der Waals surface area contributed by atoms with Gasteiger partial charge in [0.05, 0.1) is 7.11 Å². The minimum atomic E-state index is -0.378. The van der Waals surface area contributed by atoms with Crippen LogP contribution in [0.2, 0.25) is 0 Å². The number of methoxy groups -OCH3 is 1. The van der Waals surface area contributed by atoms with Crippen molar-refractivity contribution in [3.8, 4) is 5.75 Å². The number of anilines is 1. The van der Waals surface area contributed by atoms with Gasteiger partial charge in [0, 0.05) is 37.0 Å². The summed E-state index contributed by atoms with van der Waals surface area (Å²) in [6.45, 7) is 4.24. The molecule has 2 heterocycles. The first-order chi connectivity index (χ1) is 11.1. The molecule has 0 unspecified atom stereocenters. The number of urea groups is 1. The molecule has 0 aliphatic carbocycles. The van der Waals surface area contributed by atoms with Crippen LogP contribution in [0.1, 0.15) is 25.3 Å². The van der Waals surface area contributed by atoms with Crippen molar-refractivity contribution < 1.29 is 14.3 Å². The third kappa shape index (κ3) is 2.88. The summed E-state index contributed by atoms with van der Waals surface area (Å²) in [6, 6.07) is 5.56. The van der Waals surface area contributed by atoms with Crippen LogP contribution in [0.4, 0.5) is 10.5 Å². The number of rotatable bonds is 4. The van der Waals surface area contributed by atoms with Crippen LogP contribution in [0.3, 0.4) is 0 Å². The van der Waals surface area contributed by atoms with Crippen LogP contribution in [-0.4, -0.2) is 43.6 Å². The minimum absolute atomic E-state index is 0.282. The highest BCUT2D eigenvalue weighted by molar-refractivity contribution is 6.14. The van der Waals surface area contributed by atoms with Crippen molar-refractivity contribution in [2.75, 3.05) is 31.6 Å². The summed E-state index contributed by atoms with van der Waals surface area (Å²) in [5, 5.41) is 2.61. The van der Waals surface area contributed by atoms with E-state index in [4.69, 9.17) is 4.74 Å². The van der Waals surface area contributed by atoms with E-state index in [0.29, 0.717) is 12.3 Å². The Bertz CT molecular complexity index is 663. The number of imide groups is 1. The highest BCUT2D eigenvalue weighted by atomic mass is 16.5. The Labute approximate surface area is 135 Å². The molecule has 2 aliphatic heterocycles. The largest absolute Gasteiger partial charge is 0.496 e. The standard InChI is InChI=1S/C17H21N3O3/c1-3-20-16(21)14(18-17(20)22)10-12-6-7-13(11-15(12)23-2)19-8-4-5-9-19/h6-7,10-11H,3-5,8-9H2,1-2H3,(H,18,22)/b14-10+. The normalized spacial score (nSPS) is 19.7. The Morgan fingerprint density at radius 1 is 1.26 bits per heavy atom. The van der Waals surface area contributed by atoms with Crippen molar-refractivity contribution in [1.29, 1.82) is 0 Å². The van der Waals surface area contributed by atoms with Crippen LogP contribution in [-0.2, 0) is 4.79 Å². The van der Waals surface area contributed by atoms with Gasteiger partial charge in [0.2, 0.25) is 0 Å². The number of benzene rings is 1. The molecule has 6 heteroatoms. The summed E-state index contributed by atoms with van der Waals surface area (Å²) in [6.07, 6.45) is 4.09. The quantitative estimate of drug-likeness (QED) is 0.683. The second-order valence-electron chi connectivity index (χ2n) is 5.66. The molecule has 3 rings (SSSR count). The van der Waals surface area contributed by atoms with E-state index in [-0.39, 0.29) is 17.6 Å². The van der Waals surface area contributed by atoms with E-state index in [2.05, 4.69) is 10.2 Å². The third-order valence-electron chi connectivity index (χ3n) is 4.27. The Hall–Kier alpha value is -2.50. The number of hydrogen-bond acceptors (Lipinski definition) is 4. The average molecular weight is 315 g/mol. The maximum absolute atomic E-state index is 12.2. The molecular formula is C17H21N3O3. The lowest BCUT2D eigenvalue weighted by Gasteiger charge is -2.19. The molecule has 6 nitrogen and oxygen atoms in total. The third-order valence-corrected chi connectivity index (χ3v) is 4.27. The monoisotopic (exact) mass is 315 g/mol. The Morgan fingerprint density at radius 3 is 2.61 bits per heavy atom. The molecule has 2 saturated heterocycles. The number of likely N-dealkylation sites (N-methyl/N-ethyl adjacent to an activating group) is 1. The van der Waals surface area contributed by atoms with E-state index in [1.807, 2.05) is 18.2 Å². The van der Waals surface area contributed by atoms with E-state index >= 15 is 0 Å². The maximum atomic E-state index is 12.2. The Balaban J connectivity index is 1.89. The molecule has 3 amide bonds. The molecule has 23 heavy (non-hydrogen) atoms. The summed E-state index contributed by atoms with van der Waals surface area (Å²) in [5.74, 6) is 0.391. The van der Waals surface area contributed by atoms with Gasteiger partial charge < -0.3 is 15.0 Å². The number of hydrogen-bond donors (Lipinski definition) is 1. The van der Waals surface area contributed by atoms with Crippen LogP contribution in [0, 0.1) is 0 Å². The zero-order valence-corrected chi connectivity index (χ0v) is 13.5. The van der Waals surface area contributed by atoms with Crippen LogP contribution in [0.15, 0.2) is 23.9 Å². The zero-order chi connectivity index (χ0) is 16.4. The fraction of sp³-hybridized carbons (Fsp3) is 0.412. The van der Waals surface area contributed by atoms with E-state index in [1.54, 1.807) is 20.1 Å². The highest BCUT2D eigenvalue weighted by Crippen LogP contribution is 2.29. The van der Waals surface area contributed by atoms with Gasteiger partial charge in [0.1, 0.15) is 11.4 Å². The smallest absolute Gasteiger partial charge is 0.328 e. The van der Waals surface area contributed by atoms with E-state index in [9.17, 15) is 9.59 Å². The van der Waals surface area contributed by atoms with Crippen LogP contribution in [0.25, 0.3) is 6.08 Å². The van der Waals surface area contributed by atoms with Gasteiger partial charge in [0.15, 0.2) is 0 Å². The van der Waals surface area contributed by atoms with Gasteiger partial charge in [0.25, 0.3) is 5.91 Å². The van der Waals surface area contributed by atoms with Crippen molar-refractivity contribution in [2.24, 2.45) is 0 Å². The zero-order valence-electron chi connectivity index (χ0n) is 13.5. The lowest BCUT2D eigenvalue weighted by atomic mass is 10.1. The molecule has 2 fully saturated rings. The SMILES string of the molecule is CCN1C(=O)N/C(=C/c2ccc(N3CCCC3)cc2OC)C1=O. The van der Waals surface area contributed by atoms with E-state index < -0.39 is 0 Å². The summed E-state index contributed by atoms with van der Waals surface area (Å²) in [7, 11) is 1.61. The average Bonchev–Trinajstić information content (AvgIpc) is 3.17. The molecular weight excluding hydrogens is 294 g/mol. The van der Waals surface area contributed by atoms with Crippen molar-refractivity contribution in [2.45, 2.75) is 19.8 Å². The van der Waals surface area contributed by atoms with Crippen molar-refractivity contribution in [3.05, 3.63) is 29.5 Å². The molecule has 0 aromatic heterocycles. The number of amides is 3. The predicted octanol–water partition coefficient (Wildman–Crippen LogP) is 2.21. The predicted molar refractivity (Wildman–Crippen MR) is 88.3 cm³/mol. The van der Waals surface area contributed by atoms with Gasteiger partial charge in [-0.1, -0.05) is 0 Å². The van der Waals surface area contributed by atoms with Crippen molar-refractivity contribution >= 4 is 23.7 Å². The van der Waals surface area contributed by atoms with Crippen LogP contribution in [0.5, 0.6) is 5.75 Å². The number of ether oxygens (including phenoxy) is 1. The topological polar surface area (TPSA) is 61.9 Å². The van der Waals surface area contributed by atoms with Gasteiger partial charge in [-0.2, -0.15) is 0 Å². The summed E-state index contributed by atoms with van der Waals surface area (Å²) in [4.78, 5) is 27.4. The minimum Gasteiger partial charge on any atom is -0.496 e. The van der Waals surface area contributed by atoms with Crippen molar-refractivity contribution in [3.63, 3.8) is 0 Å². The molecule has 0 saturated carbocycles. The first-order valence-electron chi connectivity index (χ1n) is 7.91. The van der Waals surface area contributed by atoms with E-state index in [1.165, 1.54) is 17.7 Å². The number of carbonyl (C=O) groups excluding carboxylic acids is 2. The molecule has 1 N–H and O–H groups in total. The number of nitrogens with one attached hydrogen (secondary N) is 1. The Morgan fingerprint density at radius 2 is 2.00 bits per heavy atom. The van der Waals surface area contributed by atoms with Gasteiger partial charge in [-0.25, -0.2) is 4.79 Å². The fourth-order valence-electron chi connectivity index (χ4n) is 3.01. The molecule has 0 atom stereocenters. The first kappa shape index (κ1) is 15.4. The van der Waals surface area contributed by atoms with Gasteiger partial charge in [-0.3, -0.25) is 9.69 Å². The molecule has 1 aromatic rings. The van der Waals surface area contributed by atoms with Crippen LogP contribution < -0.4 is 15.0 Å². The van der Waals surface area contributed by atoms with E-state index in [0.717, 1.165) is 24.3 Å². The maximum Gasteiger partial charge on any atom is 0.328 e. The lowest BCUT2D eigenvalue weighted by Crippen LogP contribution is -2.30. The summed E-state index contributed by atoms with van der Waals surface area (Å²) in [5.41, 5.74) is 2.18. The molecule has 2 aliphatic rings. The van der Waals surface area contributed by atoms with Crippen LogP contribution >= 0.6 is 0 Å². The molecule has 122 valence electrons. The van der Waals surface area contributed by atoms with Gasteiger partial charge >= 0.3 is 6.03 Å². The Kier molecular flexibility index (Phi) is 4.23. The second-order valence-corrected chi connectivity index (χ2v) is 5.66. The molecule has 0 radical (unpaired) electrons. The highest BCUT2D eigenvalue weighted by Gasteiger charge is 2.32. The number of nitrogens with zero attached hydrogens (tertiary/aromatic N) is 2. The van der Waals surface area contributed by atoms with Gasteiger partial charge in [-0.05, 0) is 38.0 Å². The van der Waals surface area contributed by atoms with Gasteiger partial charge in [-0.15, -0.1) is 0 Å². The fourth-order valence-corrected chi connectivity index (χ4v) is 3.01. The lowest BCUT2D eigenvalue weighted by molar-refractivity contribution is -0.122. The second kappa shape index (κ2) is 6.32. The molecule has 1 aromatic carbocycles. The summed E-state index contributed by atoms with van der Waals surface area (Å²) >= 11 is 0. The molecule has 0 spiro atoms. The number of carbonyl (C=O) groups is 2. The first-order valence-corrected chi connectivity index (χ1v) is 7.91.